The zero-order valence-corrected chi connectivity index (χ0v) is 9.62. The molecule has 0 radical (unpaired) electrons. The molecule has 1 aliphatic rings. The number of hydrogen-bond acceptors (Lipinski definition) is 3. The predicted molar refractivity (Wildman–Crippen MR) is 59.2 cm³/mol. The van der Waals surface area contributed by atoms with E-state index >= 15 is 0 Å². The number of H-pyrrole nitrogens is 1. The number of hydrogen-bond donors (Lipinski definition) is 2. The number of carbonyl (C=O) groups is 1. The summed E-state index contributed by atoms with van der Waals surface area (Å²) in [6.07, 6.45) is 2.58. The molecule has 1 aliphatic heterocycles. The van der Waals surface area contributed by atoms with Gasteiger partial charge < -0.3 is 10.1 Å². The third kappa shape index (κ3) is 2.24. The van der Waals surface area contributed by atoms with Gasteiger partial charge in [0.1, 0.15) is 0 Å². The summed E-state index contributed by atoms with van der Waals surface area (Å²) in [4.78, 5) is 11.9. The number of aryl methyl sites for hydroxylation is 1. The van der Waals surface area contributed by atoms with Crippen molar-refractivity contribution in [1.29, 1.82) is 0 Å². The van der Waals surface area contributed by atoms with Crippen molar-refractivity contribution in [2.24, 2.45) is 5.92 Å². The molecule has 1 saturated heterocycles. The molecule has 0 saturated carbocycles. The fraction of sp³-hybridized carbons (Fsp3) is 0.636. The number of aromatic amines is 1. The highest BCUT2D eigenvalue weighted by Gasteiger charge is 2.24. The number of nitrogens with zero attached hydrogens (tertiary/aromatic N) is 1. The van der Waals surface area contributed by atoms with Crippen molar-refractivity contribution >= 4 is 5.91 Å². The molecule has 1 aromatic heterocycles. The third-order valence-corrected chi connectivity index (χ3v) is 3.11. The third-order valence-electron chi connectivity index (χ3n) is 3.11. The van der Waals surface area contributed by atoms with E-state index in [2.05, 4.69) is 15.5 Å². The molecule has 5 nitrogen and oxygen atoms in total. The average molecular weight is 223 g/mol. The van der Waals surface area contributed by atoms with Crippen LogP contribution in [0.2, 0.25) is 0 Å². The minimum absolute atomic E-state index is 0.0642. The standard InChI is InChI=1S/C11H17N3O2/c1-7(9-3-4-16-6-9)13-11(15)10-5-12-14-8(10)2/h5,7,9H,3-4,6H2,1-2H3,(H,12,14)(H,13,15). The molecule has 0 spiro atoms. The van der Waals surface area contributed by atoms with Gasteiger partial charge in [0.2, 0.25) is 0 Å². The molecule has 5 heteroatoms. The molecule has 16 heavy (non-hydrogen) atoms. The van der Waals surface area contributed by atoms with Crippen LogP contribution >= 0.6 is 0 Å². The van der Waals surface area contributed by atoms with Gasteiger partial charge >= 0.3 is 0 Å². The number of ether oxygens (including phenoxy) is 1. The normalized spacial score (nSPS) is 22.0. The Balaban J connectivity index is 1.94. The van der Waals surface area contributed by atoms with Crippen LogP contribution in [0.5, 0.6) is 0 Å². The number of aromatic nitrogens is 2. The van der Waals surface area contributed by atoms with E-state index in [0.717, 1.165) is 25.3 Å². The van der Waals surface area contributed by atoms with Gasteiger partial charge in [0, 0.05) is 24.3 Å². The first kappa shape index (κ1) is 11.1. The van der Waals surface area contributed by atoms with Crippen LogP contribution in [0, 0.1) is 12.8 Å². The second-order valence-electron chi connectivity index (χ2n) is 4.29. The van der Waals surface area contributed by atoms with Crippen molar-refractivity contribution < 1.29 is 9.53 Å². The van der Waals surface area contributed by atoms with E-state index < -0.39 is 0 Å². The molecule has 2 N–H and O–H groups in total. The zero-order valence-electron chi connectivity index (χ0n) is 9.62. The maximum atomic E-state index is 11.9. The molecule has 2 rings (SSSR count). The second kappa shape index (κ2) is 4.65. The molecule has 0 aliphatic carbocycles. The van der Waals surface area contributed by atoms with Gasteiger partial charge in [-0.05, 0) is 20.3 Å². The highest BCUT2D eigenvalue weighted by molar-refractivity contribution is 5.95. The van der Waals surface area contributed by atoms with Crippen LogP contribution in [0.15, 0.2) is 6.20 Å². The van der Waals surface area contributed by atoms with Gasteiger partial charge in [-0.25, -0.2) is 0 Å². The fourth-order valence-electron chi connectivity index (χ4n) is 1.93. The summed E-state index contributed by atoms with van der Waals surface area (Å²) in [6.45, 7) is 5.40. The van der Waals surface area contributed by atoms with Gasteiger partial charge in [-0.15, -0.1) is 0 Å². The van der Waals surface area contributed by atoms with Crippen molar-refractivity contribution in [1.82, 2.24) is 15.5 Å². The van der Waals surface area contributed by atoms with E-state index in [1.807, 2.05) is 13.8 Å². The molecule has 1 amide bonds. The van der Waals surface area contributed by atoms with Crippen molar-refractivity contribution in [2.75, 3.05) is 13.2 Å². The van der Waals surface area contributed by atoms with E-state index in [4.69, 9.17) is 4.74 Å². The fourth-order valence-corrected chi connectivity index (χ4v) is 1.93. The molecule has 2 unspecified atom stereocenters. The van der Waals surface area contributed by atoms with Crippen LogP contribution in [0.1, 0.15) is 29.4 Å². The van der Waals surface area contributed by atoms with E-state index in [0.29, 0.717) is 11.5 Å². The lowest BCUT2D eigenvalue weighted by Crippen LogP contribution is -2.38. The minimum atomic E-state index is -0.0642. The summed E-state index contributed by atoms with van der Waals surface area (Å²) in [6, 6.07) is 0.143. The highest BCUT2D eigenvalue weighted by atomic mass is 16.5. The summed E-state index contributed by atoms with van der Waals surface area (Å²) in [5, 5.41) is 9.58. The average Bonchev–Trinajstić information content (AvgIpc) is 2.86. The highest BCUT2D eigenvalue weighted by Crippen LogP contribution is 2.16. The largest absolute Gasteiger partial charge is 0.381 e. The van der Waals surface area contributed by atoms with Gasteiger partial charge in [-0.2, -0.15) is 5.10 Å². The Hall–Kier alpha value is -1.36. The molecule has 1 fully saturated rings. The molecular formula is C11H17N3O2. The van der Waals surface area contributed by atoms with Crippen molar-refractivity contribution in [3.8, 4) is 0 Å². The summed E-state index contributed by atoms with van der Waals surface area (Å²) >= 11 is 0. The van der Waals surface area contributed by atoms with Crippen LogP contribution in [0.3, 0.4) is 0 Å². The first-order valence-electron chi connectivity index (χ1n) is 5.57. The Labute approximate surface area is 94.6 Å². The topological polar surface area (TPSA) is 67.0 Å². The molecule has 2 atom stereocenters. The second-order valence-corrected chi connectivity index (χ2v) is 4.29. The van der Waals surface area contributed by atoms with Gasteiger partial charge in [0.15, 0.2) is 0 Å². The summed E-state index contributed by atoms with van der Waals surface area (Å²) in [5.74, 6) is 0.363. The molecule has 0 bridgehead atoms. The Kier molecular flexibility index (Phi) is 3.24. The number of amides is 1. The molecule has 1 aromatic rings. The van der Waals surface area contributed by atoms with Crippen LogP contribution in [0.4, 0.5) is 0 Å². The first-order chi connectivity index (χ1) is 7.68. The number of rotatable bonds is 3. The summed E-state index contributed by atoms with van der Waals surface area (Å²) in [5.41, 5.74) is 1.41. The SMILES string of the molecule is Cc1[nH]ncc1C(=O)NC(C)C1CCOC1. The molecule has 0 aromatic carbocycles. The monoisotopic (exact) mass is 223 g/mol. The predicted octanol–water partition coefficient (Wildman–Crippen LogP) is 0.873. The van der Waals surface area contributed by atoms with Crippen molar-refractivity contribution in [3.05, 3.63) is 17.5 Å². The van der Waals surface area contributed by atoms with Crippen LogP contribution < -0.4 is 5.32 Å². The van der Waals surface area contributed by atoms with Gasteiger partial charge in [-0.3, -0.25) is 9.89 Å². The first-order valence-corrected chi connectivity index (χ1v) is 5.57. The Morgan fingerprint density at radius 1 is 1.75 bits per heavy atom. The lowest BCUT2D eigenvalue weighted by molar-refractivity contribution is 0.0921. The van der Waals surface area contributed by atoms with Crippen molar-refractivity contribution in [2.45, 2.75) is 26.3 Å². The minimum Gasteiger partial charge on any atom is -0.381 e. The van der Waals surface area contributed by atoms with Crippen molar-refractivity contribution in [3.63, 3.8) is 0 Å². The number of nitrogens with one attached hydrogen (secondary N) is 2. The maximum Gasteiger partial charge on any atom is 0.254 e. The summed E-state index contributed by atoms with van der Waals surface area (Å²) < 4.78 is 5.30. The Bertz CT molecular complexity index is 369. The maximum absolute atomic E-state index is 11.9. The molecule has 2 heterocycles. The Morgan fingerprint density at radius 2 is 2.56 bits per heavy atom. The van der Waals surface area contributed by atoms with E-state index in [1.54, 1.807) is 6.20 Å². The smallest absolute Gasteiger partial charge is 0.254 e. The quantitative estimate of drug-likeness (QED) is 0.799. The van der Waals surface area contributed by atoms with E-state index in [9.17, 15) is 4.79 Å². The van der Waals surface area contributed by atoms with Crippen LogP contribution in [-0.4, -0.2) is 35.4 Å². The van der Waals surface area contributed by atoms with Crippen LogP contribution in [0.25, 0.3) is 0 Å². The number of carbonyl (C=O) groups excluding carboxylic acids is 1. The van der Waals surface area contributed by atoms with Crippen LogP contribution in [-0.2, 0) is 4.74 Å². The molecular weight excluding hydrogens is 206 g/mol. The lowest BCUT2D eigenvalue weighted by atomic mass is 10.0. The van der Waals surface area contributed by atoms with E-state index in [-0.39, 0.29) is 11.9 Å². The Morgan fingerprint density at radius 3 is 3.12 bits per heavy atom. The van der Waals surface area contributed by atoms with Gasteiger partial charge in [-0.1, -0.05) is 0 Å². The van der Waals surface area contributed by atoms with E-state index in [1.165, 1.54) is 0 Å². The van der Waals surface area contributed by atoms with Gasteiger partial charge in [0.05, 0.1) is 18.4 Å². The molecule has 88 valence electrons. The summed E-state index contributed by atoms with van der Waals surface area (Å²) in [7, 11) is 0. The van der Waals surface area contributed by atoms with Gasteiger partial charge in [0.25, 0.3) is 5.91 Å². The zero-order chi connectivity index (χ0) is 11.5. The lowest BCUT2D eigenvalue weighted by Gasteiger charge is -2.18.